The van der Waals surface area contributed by atoms with E-state index < -0.39 is 17.1 Å². The van der Waals surface area contributed by atoms with E-state index in [4.69, 9.17) is 0 Å². The number of aryl methyl sites for hydroxylation is 1. The van der Waals surface area contributed by atoms with Gasteiger partial charge in [-0.3, -0.25) is 14.2 Å². The van der Waals surface area contributed by atoms with E-state index in [2.05, 4.69) is 24.5 Å². The molecule has 0 unspecified atom stereocenters. The fourth-order valence-electron chi connectivity index (χ4n) is 3.52. The Morgan fingerprint density at radius 3 is 2.62 bits per heavy atom. The van der Waals surface area contributed by atoms with Crippen molar-refractivity contribution in [1.29, 1.82) is 0 Å². The highest BCUT2D eigenvalue weighted by atomic mass is 35.5. The van der Waals surface area contributed by atoms with Crippen LogP contribution in [0.1, 0.15) is 54.1 Å². The highest BCUT2D eigenvalue weighted by Gasteiger charge is 2.32. The van der Waals surface area contributed by atoms with Crippen molar-refractivity contribution in [3.05, 3.63) is 63.6 Å². The minimum atomic E-state index is -1.42. The van der Waals surface area contributed by atoms with Gasteiger partial charge >= 0.3 is 0 Å². The Kier molecular flexibility index (Phi) is 7.60. The topological polar surface area (TPSA) is 63.1 Å². The van der Waals surface area contributed by atoms with Crippen molar-refractivity contribution in [3.8, 4) is 5.69 Å². The summed E-state index contributed by atoms with van der Waals surface area (Å²) in [5.41, 5.74) is 0.657. The summed E-state index contributed by atoms with van der Waals surface area (Å²) in [7, 11) is 0. The molecule has 1 aromatic heterocycles. The molecule has 1 saturated heterocycles. The van der Waals surface area contributed by atoms with Gasteiger partial charge in [0.05, 0.1) is 6.54 Å². The van der Waals surface area contributed by atoms with Gasteiger partial charge in [-0.15, -0.1) is 12.4 Å². The SMILES string of the molecule is Cc1ccn(-c2cccc(C(C)C)c2)c(=O)c1C(=O)NCC1(F)CCNCC1.Cl. The highest BCUT2D eigenvalue weighted by Crippen LogP contribution is 2.22. The van der Waals surface area contributed by atoms with Crippen molar-refractivity contribution in [3.63, 3.8) is 0 Å². The number of benzene rings is 1. The number of pyridine rings is 1. The fourth-order valence-corrected chi connectivity index (χ4v) is 3.52. The van der Waals surface area contributed by atoms with Crippen molar-refractivity contribution >= 4 is 18.3 Å². The van der Waals surface area contributed by atoms with Crippen LogP contribution >= 0.6 is 12.4 Å². The van der Waals surface area contributed by atoms with E-state index in [9.17, 15) is 14.0 Å². The lowest BCUT2D eigenvalue weighted by molar-refractivity contribution is 0.0835. The third-order valence-electron chi connectivity index (χ3n) is 5.41. The molecule has 1 fully saturated rings. The molecule has 3 rings (SSSR count). The van der Waals surface area contributed by atoms with Crippen molar-refractivity contribution < 1.29 is 9.18 Å². The predicted molar refractivity (Wildman–Crippen MR) is 116 cm³/mol. The van der Waals surface area contributed by atoms with Crippen LogP contribution in [0.15, 0.2) is 41.3 Å². The van der Waals surface area contributed by atoms with E-state index in [-0.39, 0.29) is 24.5 Å². The maximum Gasteiger partial charge on any atom is 0.268 e. The molecule has 1 aliphatic rings. The number of halogens is 2. The predicted octanol–water partition coefficient (Wildman–Crippen LogP) is 3.51. The number of alkyl halides is 1. The van der Waals surface area contributed by atoms with Crippen molar-refractivity contribution in [2.45, 2.75) is 45.2 Å². The standard InChI is InChI=1S/C22H28FN3O2.ClH/c1-15(2)17-5-4-6-18(13-17)26-12-7-16(3)19(21(26)28)20(27)25-14-22(23)8-10-24-11-9-22;/h4-7,12-13,15,24H,8-11,14H2,1-3H3,(H,25,27);1H. The van der Waals surface area contributed by atoms with Gasteiger partial charge in [-0.25, -0.2) is 4.39 Å². The first-order valence-electron chi connectivity index (χ1n) is 9.81. The van der Waals surface area contributed by atoms with Gasteiger partial charge in [0.1, 0.15) is 11.2 Å². The molecule has 0 radical (unpaired) electrons. The normalized spacial score (nSPS) is 15.6. The van der Waals surface area contributed by atoms with Crippen LogP contribution in [0.2, 0.25) is 0 Å². The van der Waals surface area contributed by atoms with E-state index in [0.717, 1.165) is 5.56 Å². The monoisotopic (exact) mass is 421 g/mol. The number of piperidine rings is 1. The quantitative estimate of drug-likeness (QED) is 0.776. The molecule has 1 aromatic carbocycles. The molecule has 0 aliphatic carbocycles. The van der Waals surface area contributed by atoms with Crippen molar-refractivity contribution in [2.75, 3.05) is 19.6 Å². The summed E-state index contributed by atoms with van der Waals surface area (Å²) in [6.45, 7) is 7.00. The maximum absolute atomic E-state index is 14.8. The molecule has 5 nitrogen and oxygen atoms in total. The van der Waals surface area contributed by atoms with Crippen molar-refractivity contribution in [2.24, 2.45) is 0 Å². The number of hydrogen-bond donors (Lipinski definition) is 2. The summed E-state index contributed by atoms with van der Waals surface area (Å²) in [4.78, 5) is 25.8. The van der Waals surface area contributed by atoms with Gasteiger partial charge < -0.3 is 10.6 Å². The molecule has 1 amide bonds. The summed E-state index contributed by atoms with van der Waals surface area (Å²) in [6, 6.07) is 9.46. The summed E-state index contributed by atoms with van der Waals surface area (Å²) in [6.07, 6.45) is 2.39. The summed E-state index contributed by atoms with van der Waals surface area (Å²) in [5, 5.41) is 5.75. The zero-order valence-electron chi connectivity index (χ0n) is 17.1. The number of hydrogen-bond acceptors (Lipinski definition) is 3. The average Bonchev–Trinajstić information content (AvgIpc) is 2.67. The first-order valence-corrected chi connectivity index (χ1v) is 9.81. The summed E-state index contributed by atoms with van der Waals surface area (Å²) in [5.74, 6) is -0.193. The Balaban J connectivity index is 0.00000300. The van der Waals surface area contributed by atoms with E-state index >= 15 is 0 Å². The molecule has 0 spiro atoms. The van der Waals surface area contributed by atoms with Gasteiger partial charge in [0.2, 0.25) is 0 Å². The summed E-state index contributed by atoms with van der Waals surface area (Å²) >= 11 is 0. The first kappa shape index (κ1) is 23.1. The lowest BCUT2D eigenvalue weighted by Crippen LogP contribution is -2.47. The lowest BCUT2D eigenvalue weighted by Gasteiger charge is -2.30. The number of amides is 1. The molecule has 0 atom stereocenters. The molecular weight excluding hydrogens is 393 g/mol. The second-order valence-corrected chi connectivity index (χ2v) is 7.88. The number of carbonyl (C=O) groups is 1. The van der Waals surface area contributed by atoms with Crippen LogP contribution in [0, 0.1) is 6.92 Å². The van der Waals surface area contributed by atoms with Crippen LogP contribution in [-0.4, -0.2) is 35.8 Å². The number of rotatable bonds is 5. The molecule has 2 aromatic rings. The fraction of sp³-hybridized carbons (Fsp3) is 0.455. The third kappa shape index (κ3) is 5.25. The van der Waals surface area contributed by atoms with E-state index in [1.54, 1.807) is 19.2 Å². The number of carbonyl (C=O) groups excluding carboxylic acids is 1. The molecule has 2 heterocycles. The molecular formula is C22H29ClFN3O2. The highest BCUT2D eigenvalue weighted by molar-refractivity contribution is 5.95. The zero-order valence-corrected chi connectivity index (χ0v) is 17.9. The van der Waals surface area contributed by atoms with E-state index in [1.165, 1.54) is 4.57 Å². The second kappa shape index (κ2) is 9.55. The van der Waals surface area contributed by atoms with E-state index in [0.29, 0.717) is 43.1 Å². The third-order valence-corrected chi connectivity index (χ3v) is 5.41. The van der Waals surface area contributed by atoms with Crippen LogP contribution in [0.5, 0.6) is 0 Å². The van der Waals surface area contributed by atoms with Crippen LogP contribution in [0.25, 0.3) is 5.69 Å². The Labute approximate surface area is 177 Å². The van der Waals surface area contributed by atoms with Gasteiger partial charge in [0.15, 0.2) is 0 Å². The summed E-state index contributed by atoms with van der Waals surface area (Å²) < 4.78 is 16.3. The Bertz CT molecular complexity index is 921. The van der Waals surface area contributed by atoms with Crippen LogP contribution < -0.4 is 16.2 Å². The van der Waals surface area contributed by atoms with Gasteiger partial charge in [0.25, 0.3) is 11.5 Å². The molecule has 2 N–H and O–H groups in total. The Morgan fingerprint density at radius 2 is 1.97 bits per heavy atom. The molecule has 29 heavy (non-hydrogen) atoms. The second-order valence-electron chi connectivity index (χ2n) is 7.88. The first-order chi connectivity index (χ1) is 13.3. The largest absolute Gasteiger partial charge is 0.349 e. The Morgan fingerprint density at radius 1 is 1.28 bits per heavy atom. The minimum Gasteiger partial charge on any atom is -0.349 e. The average molecular weight is 422 g/mol. The molecule has 158 valence electrons. The maximum atomic E-state index is 14.8. The van der Waals surface area contributed by atoms with Crippen LogP contribution in [-0.2, 0) is 0 Å². The molecule has 0 bridgehead atoms. The zero-order chi connectivity index (χ0) is 20.3. The molecule has 0 saturated carbocycles. The smallest absolute Gasteiger partial charge is 0.268 e. The Hall–Kier alpha value is -2.18. The molecule has 7 heteroatoms. The van der Waals surface area contributed by atoms with Crippen LogP contribution in [0.3, 0.4) is 0 Å². The number of nitrogens with zero attached hydrogens (tertiary/aromatic N) is 1. The van der Waals surface area contributed by atoms with Crippen LogP contribution in [0.4, 0.5) is 4.39 Å². The van der Waals surface area contributed by atoms with Gasteiger partial charge in [0, 0.05) is 11.9 Å². The van der Waals surface area contributed by atoms with Crippen molar-refractivity contribution in [1.82, 2.24) is 15.2 Å². The lowest BCUT2D eigenvalue weighted by atomic mass is 9.94. The molecule has 1 aliphatic heterocycles. The van der Waals surface area contributed by atoms with Gasteiger partial charge in [-0.2, -0.15) is 0 Å². The number of aromatic nitrogens is 1. The van der Waals surface area contributed by atoms with E-state index in [1.807, 2.05) is 24.3 Å². The number of nitrogens with one attached hydrogen (secondary N) is 2. The van der Waals surface area contributed by atoms with Gasteiger partial charge in [-0.1, -0.05) is 26.0 Å². The minimum absolute atomic E-state index is 0. The van der Waals surface area contributed by atoms with Gasteiger partial charge in [-0.05, 0) is 68.1 Å².